The molecule has 1 aliphatic carbocycles. The molecule has 0 aromatic carbocycles. The lowest BCUT2D eigenvalue weighted by atomic mass is 9.85. The molecule has 0 spiro atoms. The van der Waals surface area contributed by atoms with Gasteiger partial charge in [-0.15, -0.1) is 10.2 Å². The fourth-order valence-corrected chi connectivity index (χ4v) is 2.91. The molecule has 6 nitrogen and oxygen atoms in total. The first-order chi connectivity index (χ1) is 9.65. The van der Waals surface area contributed by atoms with Gasteiger partial charge in [0.2, 0.25) is 5.89 Å². The Kier molecular flexibility index (Phi) is 3.54. The van der Waals surface area contributed by atoms with Crippen LogP contribution in [0.4, 0.5) is 13.6 Å². The van der Waals surface area contributed by atoms with Crippen molar-refractivity contribution in [1.29, 1.82) is 0 Å². The van der Waals surface area contributed by atoms with E-state index in [4.69, 9.17) is 9.15 Å². The van der Waals surface area contributed by atoms with Crippen molar-refractivity contribution in [3.63, 3.8) is 0 Å². The van der Waals surface area contributed by atoms with Gasteiger partial charge in [0.1, 0.15) is 6.61 Å². The molecule has 1 saturated carbocycles. The molecule has 1 aromatic rings. The molecule has 0 N–H and O–H groups in total. The number of halogens is 2. The van der Waals surface area contributed by atoms with Gasteiger partial charge in [0.15, 0.2) is 0 Å². The summed E-state index contributed by atoms with van der Waals surface area (Å²) in [6.45, 7) is 0.998. The number of hydrogen-bond donors (Lipinski definition) is 0. The topological polar surface area (TPSA) is 68.5 Å². The van der Waals surface area contributed by atoms with Gasteiger partial charge in [0.25, 0.3) is 5.89 Å². The van der Waals surface area contributed by atoms with E-state index in [9.17, 15) is 13.6 Å². The van der Waals surface area contributed by atoms with E-state index in [1.54, 1.807) is 4.90 Å². The van der Waals surface area contributed by atoms with Crippen molar-refractivity contribution in [3.8, 4) is 0 Å². The lowest BCUT2D eigenvalue weighted by molar-refractivity contribution is 0.110. The van der Waals surface area contributed by atoms with Crippen LogP contribution in [0.2, 0.25) is 0 Å². The Morgan fingerprint density at radius 3 is 2.80 bits per heavy atom. The van der Waals surface area contributed by atoms with Crippen molar-refractivity contribution in [3.05, 3.63) is 11.8 Å². The van der Waals surface area contributed by atoms with Gasteiger partial charge >= 0.3 is 12.5 Å². The Morgan fingerprint density at radius 1 is 1.30 bits per heavy atom. The highest BCUT2D eigenvalue weighted by Crippen LogP contribution is 2.36. The quantitative estimate of drug-likeness (QED) is 0.854. The summed E-state index contributed by atoms with van der Waals surface area (Å²) < 4.78 is 34.9. The maximum atomic E-state index is 12.5. The molecular weight excluding hydrogens is 272 g/mol. The van der Waals surface area contributed by atoms with Crippen molar-refractivity contribution in [2.75, 3.05) is 13.2 Å². The Morgan fingerprint density at radius 2 is 2.15 bits per heavy atom. The fraction of sp³-hybridized carbons (Fsp3) is 0.750. The van der Waals surface area contributed by atoms with Crippen LogP contribution < -0.4 is 0 Å². The van der Waals surface area contributed by atoms with E-state index in [0.29, 0.717) is 19.6 Å². The summed E-state index contributed by atoms with van der Waals surface area (Å²) in [7, 11) is 0. The molecule has 1 amide bonds. The van der Waals surface area contributed by atoms with Crippen LogP contribution in [0.1, 0.15) is 49.8 Å². The molecule has 1 saturated heterocycles. The second-order valence-corrected chi connectivity index (χ2v) is 5.10. The summed E-state index contributed by atoms with van der Waals surface area (Å²) in [5.74, 6) is -0.456. The first-order valence-corrected chi connectivity index (χ1v) is 6.70. The van der Waals surface area contributed by atoms with Gasteiger partial charge in [-0.1, -0.05) is 6.42 Å². The van der Waals surface area contributed by atoms with Gasteiger partial charge in [0.05, 0.1) is 6.54 Å². The molecule has 110 valence electrons. The van der Waals surface area contributed by atoms with Crippen LogP contribution in [0.3, 0.4) is 0 Å². The normalized spacial score (nSPS) is 27.1. The SMILES string of the molecule is O=C1OCCN1C1CCCC(c2nnc(C(F)F)o2)C1. The lowest BCUT2D eigenvalue weighted by Crippen LogP contribution is -2.39. The Balaban J connectivity index is 1.69. The predicted molar refractivity (Wildman–Crippen MR) is 62.3 cm³/mol. The van der Waals surface area contributed by atoms with Crippen molar-refractivity contribution < 1.29 is 22.7 Å². The van der Waals surface area contributed by atoms with E-state index < -0.39 is 12.3 Å². The van der Waals surface area contributed by atoms with Crippen LogP contribution in [0.5, 0.6) is 0 Å². The maximum absolute atomic E-state index is 12.5. The molecule has 8 heteroatoms. The molecule has 20 heavy (non-hydrogen) atoms. The molecule has 0 radical (unpaired) electrons. The highest BCUT2D eigenvalue weighted by molar-refractivity contribution is 5.69. The second kappa shape index (κ2) is 5.34. The third kappa shape index (κ3) is 2.46. The Labute approximate surface area is 114 Å². The number of alkyl halides is 2. The van der Waals surface area contributed by atoms with E-state index in [1.807, 2.05) is 0 Å². The standard InChI is InChI=1S/C12H15F2N3O3/c13-9(14)11-16-15-10(20-11)7-2-1-3-8(6-7)17-4-5-19-12(17)18/h7-9H,1-6H2. The van der Waals surface area contributed by atoms with Gasteiger partial charge in [-0.05, 0) is 19.3 Å². The monoisotopic (exact) mass is 287 g/mol. The van der Waals surface area contributed by atoms with E-state index in [2.05, 4.69) is 10.2 Å². The molecule has 2 heterocycles. The van der Waals surface area contributed by atoms with E-state index in [0.717, 1.165) is 19.3 Å². The minimum Gasteiger partial charge on any atom is -0.448 e. The lowest BCUT2D eigenvalue weighted by Gasteiger charge is -2.32. The van der Waals surface area contributed by atoms with Crippen LogP contribution >= 0.6 is 0 Å². The summed E-state index contributed by atoms with van der Waals surface area (Å²) in [4.78, 5) is 13.3. The molecule has 3 rings (SSSR count). The summed E-state index contributed by atoms with van der Waals surface area (Å²) in [6, 6.07) is 0.0608. The summed E-state index contributed by atoms with van der Waals surface area (Å²) in [5.41, 5.74) is 0. The molecule has 1 aromatic heterocycles. The van der Waals surface area contributed by atoms with E-state index >= 15 is 0 Å². The largest absolute Gasteiger partial charge is 0.448 e. The highest BCUT2D eigenvalue weighted by atomic mass is 19.3. The second-order valence-electron chi connectivity index (χ2n) is 5.10. The number of nitrogens with zero attached hydrogens (tertiary/aromatic N) is 3. The van der Waals surface area contributed by atoms with Crippen molar-refractivity contribution in [2.24, 2.45) is 0 Å². The number of carbonyl (C=O) groups excluding carboxylic acids is 1. The highest BCUT2D eigenvalue weighted by Gasteiger charge is 2.35. The average molecular weight is 287 g/mol. The molecule has 2 fully saturated rings. The number of hydrogen-bond acceptors (Lipinski definition) is 5. The molecule has 1 aliphatic heterocycles. The van der Waals surface area contributed by atoms with Gasteiger partial charge in [-0.25, -0.2) is 4.79 Å². The first-order valence-electron chi connectivity index (χ1n) is 6.70. The fourth-order valence-electron chi connectivity index (χ4n) is 2.91. The minimum atomic E-state index is -2.75. The zero-order chi connectivity index (χ0) is 14.1. The molecule has 2 aliphatic rings. The smallest absolute Gasteiger partial charge is 0.410 e. The number of amides is 1. The van der Waals surface area contributed by atoms with Crippen LogP contribution in [-0.2, 0) is 4.74 Å². The number of cyclic esters (lactones) is 1. The van der Waals surface area contributed by atoms with Crippen molar-refractivity contribution in [2.45, 2.75) is 44.1 Å². The Bertz CT molecular complexity index is 494. The molecule has 2 atom stereocenters. The Hall–Kier alpha value is -1.73. The summed E-state index contributed by atoms with van der Waals surface area (Å²) in [5, 5.41) is 7.07. The molecule has 0 bridgehead atoms. The van der Waals surface area contributed by atoms with Gasteiger partial charge in [-0.2, -0.15) is 8.78 Å². The van der Waals surface area contributed by atoms with Crippen molar-refractivity contribution >= 4 is 6.09 Å². The third-order valence-electron chi connectivity index (χ3n) is 3.87. The molecule has 2 unspecified atom stereocenters. The van der Waals surface area contributed by atoms with Crippen LogP contribution in [0.25, 0.3) is 0 Å². The number of carbonyl (C=O) groups is 1. The van der Waals surface area contributed by atoms with Crippen LogP contribution in [-0.4, -0.2) is 40.4 Å². The van der Waals surface area contributed by atoms with Crippen molar-refractivity contribution in [1.82, 2.24) is 15.1 Å². The average Bonchev–Trinajstić information content (AvgIpc) is 3.07. The predicted octanol–water partition coefficient (Wildman–Crippen LogP) is 2.49. The number of rotatable bonds is 3. The van der Waals surface area contributed by atoms with Gasteiger partial charge in [0, 0.05) is 12.0 Å². The van der Waals surface area contributed by atoms with Crippen LogP contribution in [0, 0.1) is 0 Å². The zero-order valence-corrected chi connectivity index (χ0v) is 10.8. The minimum absolute atomic E-state index is 0.0608. The third-order valence-corrected chi connectivity index (χ3v) is 3.87. The van der Waals surface area contributed by atoms with Gasteiger partial charge in [-0.3, -0.25) is 0 Å². The summed E-state index contributed by atoms with van der Waals surface area (Å²) in [6.07, 6.45) is 0.204. The zero-order valence-electron chi connectivity index (χ0n) is 10.8. The first kappa shape index (κ1) is 13.3. The van der Waals surface area contributed by atoms with E-state index in [1.165, 1.54) is 0 Å². The number of aromatic nitrogens is 2. The summed E-state index contributed by atoms with van der Waals surface area (Å²) >= 11 is 0. The maximum Gasteiger partial charge on any atom is 0.410 e. The number of ether oxygens (including phenoxy) is 1. The molecular formula is C12H15F2N3O3. The van der Waals surface area contributed by atoms with Crippen LogP contribution in [0.15, 0.2) is 4.42 Å². The van der Waals surface area contributed by atoms with Gasteiger partial charge < -0.3 is 14.1 Å². The van der Waals surface area contributed by atoms with E-state index in [-0.39, 0.29) is 23.9 Å².